The van der Waals surface area contributed by atoms with E-state index >= 15 is 0 Å². The molecule has 0 aliphatic carbocycles. The second-order valence-electron chi connectivity index (χ2n) is 4.34. The average Bonchev–Trinajstić information content (AvgIpc) is 2.46. The fraction of sp³-hybridized carbons (Fsp3) is 0.250. The highest BCUT2D eigenvalue weighted by molar-refractivity contribution is 5.26. The number of benzene rings is 2. The maximum absolute atomic E-state index is 13.6. The lowest BCUT2D eigenvalue weighted by Crippen LogP contribution is -2.16. The van der Waals surface area contributed by atoms with Crippen molar-refractivity contribution in [2.24, 2.45) is 0 Å². The van der Waals surface area contributed by atoms with Crippen LogP contribution in [-0.4, -0.2) is 13.6 Å². The summed E-state index contributed by atoms with van der Waals surface area (Å²) in [7, 11) is 1.89. The smallest absolute Gasteiger partial charge is 0.165 e. The lowest BCUT2D eigenvalue weighted by molar-refractivity contribution is 0.186. The van der Waals surface area contributed by atoms with Crippen LogP contribution in [0, 0.1) is 5.82 Å². The Bertz CT molecular complexity index is 501. The number of ether oxygens (including phenoxy) is 1. The highest BCUT2D eigenvalue weighted by atomic mass is 19.1. The summed E-state index contributed by atoms with van der Waals surface area (Å²) in [6, 6.07) is 16.4. The van der Waals surface area contributed by atoms with Crippen molar-refractivity contribution in [3.63, 3.8) is 0 Å². The number of nitrogens with one attached hydrogen (secondary N) is 1. The quantitative estimate of drug-likeness (QED) is 0.856. The molecular formula is C16H18FNO. The molecule has 0 saturated carbocycles. The molecule has 2 aromatic carbocycles. The molecule has 2 rings (SSSR count). The van der Waals surface area contributed by atoms with Crippen molar-refractivity contribution in [1.29, 1.82) is 0 Å². The number of para-hydroxylation sites is 1. The standard InChI is InChI=1S/C16H18FNO/c1-18-12-11-15(13-7-3-2-4-8-13)19-16-10-6-5-9-14(16)17/h2-10,15,18H,11-12H2,1H3. The third kappa shape index (κ3) is 3.80. The summed E-state index contributed by atoms with van der Waals surface area (Å²) in [5.41, 5.74) is 1.06. The maximum atomic E-state index is 13.6. The van der Waals surface area contributed by atoms with Gasteiger partial charge in [-0.1, -0.05) is 42.5 Å². The molecule has 0 aliphatic rings. The number of halogens is 1. The summed E-state index contributed by atoms with van der Waals surface area (Å²) in [6.45, 7) is 0.814. The van der Waals surface area contributed by atoms with E-state index < -0.39 is 0 Å². The SMILES string of the molecule is CNCCC(Oc1ccccc1F)c1ccccc1. The maximum Gasteiger partial charge on any atom is 0.165 e. The Balaban J connectivity index is 2.17. The molecule has 0 spiro atoms. The molecule has 100 valence electrons. The normalized spacial score (nSPS) is 12.1. The number of rotatable bonds is 6. The zero-order valence-corrected chi connectivity index (χ0v) is 11.0. The van der Waals surface area contributed by atoms with Crippen molar-refractivity contribution in [2.45, 2.75) is 12.5 Å². The van der Waals surface area contributed by atoms with Crippen molar-refractivity contribution in [3.05, 3.63) is 66.0 Å². The predicted molar refractivity (Wildman–Crippen MR) is 74.8 cm³/mol. The van der Waals surface area contributed by atoms with Crippen LogP contribution in [0.5, 0.6) is 5.75 Å². The van der Waals surface area contributed by atoms with E-state index in [0.717, 1.165) is 18.5 Å². The van der Waals surface area contributed by atoms with Gasteiger partial charge in [-0.2, -0.15) is 0 Å². The van der Waals surface area contributed by atoms with Crippen molar-refractivity contribution in [1.82, 2.24) is 5.32 Å². The molecule has 2 aromatic rings. The van der Waals surface area contributed by atoms with Crippen molar-refractivity contribution >= 4 is 0 Å². The predicted octanol–water partition coefficient (Wildman–Crippen LogP) is 3.56. The molecule has 1 unspecified atom stereocenters. The van der Waals surface area contributed by atoms with Crippen LogP contribution in [-0.2, 0) is 0 Å². The van der Waals surface area contributed by atoms with Gasteiger partial charge in [0.05, 0.1) is 0 Å². The number of hydrogen-bond donors (Lipinski definition) is 1. The van der Waals surface area contributed by atoms with E-state index in [9.17, 15) is 4.39 Å². The van der Waals surface area contributed by atoms with Crippen LogP contribution < -0.4 is 10.1 Å². The van der Waals surface area contributed by atoms with Crippen LogP contribution in [0.2, 0.25) is 0 Å². The van der Waals surface area contributed by atoms with E-state index in [4.69, 9.17) is 4.74 Å². The van der Waals surface area contributed by atoms with Gasteiger partial charge in [-0.15, -0.1) is 0 Å². The monoisotopic (exact) mass is 259 g/mol. The van der Waals surface area contributed by atoms with E-state index in [2.05, 4.69) is 5.32 Å². The Hall–Kier alpha value is -1.87. The van der Waals surface area contributed by atoms with Gasteiger partial charge >= 0.3 is 0 Å². The summed E-state index contributed by atoms with van der Waals surface area (Å²) < 4.78 is 19.5. The molecule has 1 atom stereocenters. The molecule has 2 nitrogen and oxygen atoms in total. The Morgan fingerprint density at radius 2 is 1.74 bits per heavy atom. The summed E-state index contributed by atoms with van der Waals surface area (Å²) in [5, 5.41) is 3.09. The van der Waals surface area contributed by atoms with Crippen LogP contribution in [0.15, 0.2) is 54.6 Å². The van der Waals surface area contributed by atoms with Gasteiger partial charge in [0.2, 0.25) is 0 Å². The lowest BCUT2D eigenvalue weighted by Gasteiger charge is -2.20. The van der Waals surface area contributed by atoms with E-state index in [1.54, 1.807) is 18.2 Å². The second-order valence-corrected chi connectivity index (χ2v) is 4.34. The van der Waals surface area contributed by atoms with Crippen LogP contribution >= 0.6 is 0 Å². The van der Waals surface area contributed by atoms with Gasteiger partial charge in [-0.05, 0) is 31.3 Å². The highest BCUT2D eigenvalue weighted by Gasteiger charge is 2.14. The Morgan fingerprint density at radius 3 is 2.42 bits per heavy atom. The third-order valence-corrected chi connectivity index (χ3v) is 2.93. The van der Waals surface area contributed by atoms with E-state index in [1.165, 1.54) is 6.07 Å². The topological polar surface area (TPSA) is 21.3 Å². The summed E-state index contributed by atoms with van der Waals surface area (Å²) in [5.74, 6) is -0.0275. The van der Waals surface area contributed by atoms with E-state index in [0.29, 0.717) is 5.75 Å². The second kappa shape index (κ2) is 6.90. The first-order chi connectivity index (χ1) is 9.31. The van der Waals surface area contributed by atoms with Gasteiger partial charge in [0.1, 0.15) is 6.10 Å². The van der Waals surface area contributed by atoms with Gasteiger partial charge in [-0.3, -0.25) is 0 Å². The van der Waals surface area contributed by atoms with Crippen LogP contribution in [0.4, 0.5) is 4.39 Å². The van der Waals surface area contributed by atoms with Crippen molar-refractivity contribution < 1.29 is 9.13 Å². The fourth-order valence-corrected chi connectivity index (χ4v) is 1.93. The average molecular weight is 259 g/mol. The van der Waals surface area contributed by atoms with Crippen LogP contribution in [0.1, 0.15) is 18.1 Å². The van der Waals surface area contributed by atoms with E-state index in [1.807, 2.05) is 37.4 Å². The molecule has 3 heteroatoms. The molecule has 0 radical (unpaired) electrons. The Kier molecular flexibility index (Phi) is 4.93. The van der Waals surface area contributed by atoms with Gasteiger partial charge < -0.3 is 10.1 Å². The molecule has 0 bridgehead atoms. The first-order valence-corrected chi connectivity index (χ1v) is 6.42. The van der Waals surface area contributed by atoms with E-state index in [-0.39, 0.29) is 11.9 Å². The molecule has 0 heterocycles. The lowest BCUT2D eigenvalue weighted by atomic mass is 10.1. The zero-order valence-electron chi connectivity index (χ0n) is 11.0. The number of hydrogen-bond acceptors (Lipinski definition) is 2. The Morgan fingerprint density at radius 1 is 1.05 bits per heavy atom. The van der Waals surface area contributed by atoms with Gasteiger partial charge in [0, 0.05) is 6.42 Å². The first kappa shape index (κ1) is 13.6. The molecule has 1 N–H and O–H groups in total. The molecule has 0 aromatic heterocycles. The van der Waals surface area contributed by atoms with Gasteiger partial charge in [-0.25, -0.2) is 4.39 Å². The first-order valence-electron chi connectivity index (χ1n) is 6.42. The minimum Gasteiger partial charge on any atom is -0.483 e. The zero-order chi connectivity index (χ0) is 13.5. The molecule has 0 aliphatic heterocycles. The van der Waals surface area contributed by atoms with Crippen molar-refractivity contribution in [3.8, 4) is 5.75 Å². The molecule has 19 heavy (non-hydrogen) atoms. The summed E-state index contributed by atoms with van der Waals surface area (Å²) >= 11 is 0. The minimum absolute atomic E-state index is 0.148. The Labute approximate surface area is 113 Å². The van der Waals surface area contributed by atoms with Crippen LogP contribution in [0.25, 0.3) is 0 Å². The minimum atomic E-state index is -0.326. The van der Waals surface area contributed by atoms with Crippen LogP contribution in [0.3, 0.4) is 0 Å². The largest absolute Gasteiger partial charge is 0.483 e. The molecule has 0 fully saturated rings. The molecule has 0 saturated heterocycles. The fourth-order valence-electron chi connectivity index (χ4n) is 1.93. The van der Waals surface area contributed by atoms with Gasteiger partial charge in [0.15, 0.2) is 11.6 Å². The molecule has 0 amide bonds. The summed E-state index contributed by atoms with van der Waals surface area (Å²) in [6.07, 6.45) is 0.639. The third-order valence-electron chi connectivity index (χ3n) is 2.93. The molecular weight excluding hydrogens is 241 g/mol. The van der Waals surface area contributed by atoms with Crippen molar-refractivity contribution in [2.75, 3.05) is 13.6 Å². The van der Waals surface area contributed by atoms with Gasteiger partial charge in [0.25, 0.3) is 0 Å². The highest BCUT2D eigenvalue weighted by Crippen LogP contribution is 2.26. The summed E-state index contributed by atoms with van der Waals surface area (Å²) in [4.78, 5) is 0.